The number of hydrazine groups is 1. The molecule has 0 aliphatic carbocycles. The minimum absolute atomic E-state index is 0.116. The van der Waals surface area contributed by atoms with E-state index in [1.165, 1.54) is 10.2 Å². The first-order valence-corrected chi connectivity index (χ1v) is 6.68. The summed E-state index contributed by atoms with van der Waals surface area (Å²) in [5.74, 6) is 5.37. The van der Waals surface area contributed by atoms with E-state index < -0.39 is 5.91 Å². The number of carbonyl (C=O) groups excluding carboxylic acids is 1. The fraction of sp³-hybridized carbons (Fsp3) is 0.333. The van der Waals surface area contributed by atoms with Gasteiger partial charge in [0.25, 0.3) is 5.91 Å². The number of nitrogens with zero attached hydrogens (tertiary/aromatic N) is 2. The normalized spacial score (nSPS) is 11.2. The van der Waals surface area contributed by atoms with Crippen LogP contribution in [0.1, 0.15) is 36.8 Å². The largest absolute Gasteiger partial charge is 0.471 e. The van der Waals surface area contributed by atoms with Crippen LogP contribution in [0.2, 0.25) is 0 Å². The molecular weight excluding hydrogens is 268 g/mol. The van der Waals surface area contributed by atoms with Crippen LogP contribution in [0.4, 0.5) is 0 Å². The number of aromatic nitrogens is 2. The molecule has 0 spiro atoms. The predicted octanol–water partition coefficient (Wildman–Crippen LogP) is 1.82. The summed E-state index contributed by atoms with van der Waals surface area (Å²) in [6.45, 7) is 6.72. The second-order valence-electron chi connectivity index (χ2n) is 5.76. The quantitative estimate of drug-likeness (QED) is 0.511. The number of ether oxygens (including phenoxy) is 1. The number of nitrogens with one attached hydrogen (secondary N) is 1. The first kappa shape index (κ1) is 15.1. The maximum absolute atomic E-state index is 11.3. The molecule has 1 heterocycles. The van der Waals surface area contributed by atoms with Gasteiger partial charge >= 0.3 is 0 Å². The second kappa shape index (κ2) is 5.97. The molecule has 2 rings (SSSR count). The van der Waals surface area contributed by atoms with Crippen molar-refractivity contribution in [2.75, 3.05) is 0 Å². The third-order valence-corrected chi connectivity index (χ3v) is 3.09. The number of carbonyl (C=O) groups is 1. The van der Waals surface area contributed by atoms with Crippen LogP contribution < -0.4 is 16.0 Å². The third kappa shape index (κ3) is 3.82. The molecule has 1 aromatic carbocycles. The van der Waals surface area contributed by atoms with Gasteiger partial charge in [-0.2, -0.15) is 5.10 Å². The fourth-order valence-electron chi connectivity index (χ4n) is 1.82. The van der Waals surface area contributed by atoms with Gasteiger partial charge in [0.15, 0.2) is 12.4 Å². The predicted molar refractivity (Wildman–Crippen MR) is 79.7 cm³/mol. The number of amides is 1. The highest BCUT2D eigenvalue weighted by molar-refractivity contribution is 5.91. The lowest BCUT2D eigenvalue weighted by Gasteiger charge is -2.19. The van der Waals surface area contributed by atoms with Crippen LogP contribution in [0, 0.1) is 0 Å². The number of hydrogen-bond acceptors (Lipinski definition) is 4. The van der Waals surface area contributed by atoms with Crippen LogP contribution in [0.5, 0.6) is 5.75 Å². The van der Waals surface area contributed by atoms with Gasteiger partial charge in [0.2, 0.25) is 0 Å². The van der Waals surface area contributed by atoms with Gasteiger partial charge in [0.1, 0.15) is 5.75 Å². The molecule has 6 nitrogen and oxygen atoms in total. The minimum atomic E-state index is -0.428. The van der Waals surface area contributed by atoms with E-state index in [1.54, 1.807) is 12.3 Å². The molecule has 0 radical (unpaired) electrons. The molecule has 1 aromatic heterocycles. The Bertz CT molecular complexity index is 611. The average Bonchev–Trinajstić information content (AvgIpc) is 2.92. The fourth-order valence-corrected chi connectivity index (χ4v) is 1.82. The zero-order valence-corrected chi connectivity index (χ0v) is 12.5. The molecule has 0 unspecified atom stereocenters. The molecule has 2 aromatic rings. The molecular formula is C15H20N4O2. The van der Waals surface area contributed by atoms with Crippen molar-refractivity contribution in [3.8, 4) is 5.75 Å². The van der Waals surface area contributed by atoms with Gasteiger partial charge < -0.3 is 4.74 Å². The zero-order valence-electron chi connectivity index (χ0n) is 12.5. The van der Waals surface area contributed by atoms with Crippen LogP contribution in [-0.2, 0) is 12.1 Å². The molecule has 3 N–H and O–H groups in total. The number of rotatable bonds is 4. The first-order valence-electron chi connectivity index (χ1n) is 6.68. The van der Waals surface area contributed by atoms with Gasteiger partial charge in [0.05, 0.1) is 0 Å². The number of benzene rings is 1. The van der Waals surface area contributed by atoms with Crippen LogP contribution in [0.25, 0.3) is 0 Å². The van der Waals surface area contributed by atoms with E-state index in [0.717, 1.165) is 5.75 Å². The smallest absolute Gasteiger partial charge is 0.285 e. The van der Waals surface area contributed by atoms with Gasteiger partial charge in [0, 0.05) is 6.20 Å². The molecule has 0 aliphatic rings. The molecule has 6 heteroatoms. The van der Waals surface area contributed by atoms with Gasteiger partial charge in [-0.1, -0.05) is 32.9 Å². The summed E-state index contributed by atoms with van der Waals surface area (Å²) < 4.78 is 7.15. The number of nitrogens with two attached hydrogens (primary N) is 1. The Balaban J connectivity index is 1.97. The Kier molecular flexibility index (Phi) is 4.28. The van der Waals surface area contributed by atoms with Crippen LogP contribution in [-0.4, -0.2) is 15.7 Å². The summed E-state index contributed by atoms with van der Waals surface area (Å²) in [7, 11) is 0. The lowest BCUT2D eigenvalue weighted by Crippen LogP contribution is -2.30. The van der Waals surface area contributed by atoms with Gasteiger partial charge in [-0.25, -0.2) is 10.5 Å². The molecule has 0 atom stereocenters. The summed E-state index contributed by atoms with van der Waals surface area (Å²) >= 11 is 0. The van der Waals surface area contributed by atoms with Crippen molar-refractivity contribution in [2.45, 2.75) is 32.9 Å². The van der Waals surface area contributed by atoms with Crippen molar-refractivity contribution in [1.29, 1.82) is 0 Å². The Hall–Kier alpha value is -2.34. The summed E-state index contributed by atoms with van der Waals surface area (Å²) in [6, 6.07) is 9.53. The van der Waals surface area contributed by atoms with E-state index in [1.807, 2.05) is 29.7 Å². The highest BCUT2D eigenvalue weighted by atomic mass is 16.5. The lowest BCUT2D eigenvalue weighted by atomic mass is 9.87. The van der Waals surface area contributed by atoms with Crippen molar-refractivity contribution < 1.29 is 9.53 Å². The molecule has 21 heavy (non-hydrogen) atoms. The zero-order chi connectivity index (χ0) is 15.5. The van der Waals surface area contributed by atoms with Crippen molar-refractivity contribution in [1.82, 2.24) is 15.2 Å². The van der Waals surface area contributed by atoms with Crippen LogP contribution >= 0.6 is 0 Å². The maximum atomic E-state index is 11.3. The minimum Gasteiger partial charge on any atom is -0.471 e. The van der Waals surface area contributed by atoms with Gasteiger partial charge in [-0.05, 0) is 29.2 Å². The van der Waals surface area contributed by atoms with Crippen LogP contribution in [0.3, 0.4) is 0 Å². The first-order chi connectivity index (χ1) is 9.90. The van der Waals surface area contributed by atoms with Crippen molar-refractivity contribution in [2.24, 2.45) is 5.84 Å². The molecule has 0 aliphatic heterocycles. The Morgan fingerprint density at radius 2 is 1.95 bits per heavy atom. The molecule has 0 saturated carbocycles. The molecule has 0 fully saturated rings. The van der Waals surface area contributed by atoms with E-state index >= 15 is 0 Å². The van der Waals surface area contributed by atoms with Gasteiger partial charge in [-0.15, -0.1) is 0 Å². The van der Waals surface area contributed by atoms with E-state index in [2.05, 4.69) is 25.9 Å². The van der Waals surface area contributed by atoms with E-state index in [-0.39, 0.29) is 17.8 Å². The van der Waals surface area contributed by atoms with E-state index in [0.29, 0.717) is 0 Å². The highest BCUT2D eigenvalue weighted by Gasteiger charge is 2.13. The Morgan fingerprint density at radius 1 is 1.29 bits per heavy atom. The third-order valence-electron chi connectivity index (χ3n) is 3.09. The van der Waals surface area contributed by atoms with Crippen molar-refractivity contribution in [3.63, 3.8) is 0 Å². The number of hydrogen-bond donors (Lipinski definition) is 2. The second-order valence-corrected chi connectivity index (χ2v) is 5.76. The standard InChI is InChI=1S/C15H20N4O2/c1-15(2,3)11-4-6-12(7-5-11)21-10-19-9-8-13(18-19)14(20)17-16/h4-9H,10,16H2,1-3H3,(H,17,20). The van der Waals surface area contributed by atoms with E-state index in [9.17, 15) is 4.79 Å². The van der Waals surface area contributed by atoms with Crippen molar-refractivity contribution >= 4 is 5.91 Å². The lowest BCUT2D eigenvalue weighted by molar-refractivity contribution is 0.0946. The Labute approximate surface area is 123 Å². The average molecular weight is 288 g/mol. The summed E-state index contributed by atoms with van der Waals surface area (Å²) in [5.41, 5.74) is 3.65. The monoisotopic (exact) mass is 288 g/mol. The summed E-state index contributed by atoms with van der Waals surface area (Å²) in [6.07, 6.45) is 1.66. The van der Waals surface area contributed by atoms with Crippen LogP contribution in [0.15, 0.2) is 36.5 Å². The molecule has 112 valence electrons. The summed E-state index contributed by atoms with van der Waals surface area (Å²) in [5, 5.41) is 4.05. The van der Waals surface area contributed by atoms with E-state index in [4.69, 9.17) is 10.6 Å². The molecule has 1 amide bonds. The molecule has 0 bridgehead atoms. The highest BCUT2D eigenvalue weighted by Crippen LogP contribution is 2.24. The topological polar surface area (TPSA) is 82.2 Å². The van der Waals surface area contributed by atoms with Crippen molar-refractivity contribution in [3.05, 3.63) is 47.8 Å². The maximum Gasteiger partial charge on any atom is 0.285 e. The Morgan fingerprint density at radius 3 is 2.52 bits per heavy atom. The SMILES string of the molecule is CC(C)(C)c1ccc(OCn2ccc(C(=O)NN)n2)cc1. The molecule has 0 saturated heterocycles. The summed E-state index contributed by atoms with van der Waals surface area (Å²) in [4.78, 5) is 11.3. The number of nitrogen functional groups attached to an aromatic ring is 1. The van der Waals surface area contributed by atoms with Gasteiger partial charge in [-0.3, -0.25) is 10.2 Å².